The van der Waals surface area contributed by atoms with Crippen LogP contribution in [0.2, 0.25) is 5.02 Å². The third-order valence-corrected chi connectivity index (χ3v) is 3.59. The van der Waals surface area contributed by atoms with Crippen molar-refractivity contribution in [2.24, 2.45) is 5.73 Å². The van der Waals surface area contributed by atoms with Gasteiger partial charge in [-0.25, -0.2) is 0 Å². The van der Waals surface area contributed by atoms with Crippen LogP contribution in [0, 0.1) is 5.41 Å². The summed E-state index contributed by atoms with van der Waals surface area (Å²) in [6.07, 6.45) is 0. The maximum Gasteiger partial charge on any atom is 0.122 e. The van der Waals surface area contributed by atoms with Crippen molar-refractivity contribution in [3.63, 3.8) is 0 Å². The molecular formula is C13H18ClN3O. The van der Waals surface area contributed by atoms with E-state index in [1.165, 1.54) is 0 Å². The van der Waals surface area contributed by atoms with Crippen molar-refractivity contribution in [1.29, 1.82) is 5.41 Å². The van der Waals surface area contributed by atoms with Crippen molar-refractivity contribution in [1.82, 2.24) is 4.90 Å². The molecule has 1 aliphatic rings. The Morgan fingerprint density at radius 3 is 3.00 bits per heavy atom. The SMILES string of the molecule is CC1COCCN1Cc1ccc(C(=N)N)cc1Cl. The standard InChI is InChI=1S/C13H18ClN3O/c1-9-8-18-5-4-17(9)7-11-3-2-10(13(15)16)6-12(11)14/h2-3,6,9H,4-5,7-8H2,1H3,(H3,15,16). The molecule has 0 spiro atoms. The van der Waals surface area contributed by atoms with Crippen LogP contribution in [0.15, 0.2) is 18.2 Å². The van der Waals surface area contributed by atoms with Gasteiger partial charge in [0, 0.05) is 29.7 Å². The molecule has 0 saturated carbocycles. The highest BCUT2D eigenvalue weighted by atomic mass is 35.5. The average molecular weight is 268 g/mol. The summed E-state index contributed by atoms with van der Waals surface area (Å²) in [5, 5.41) is 8.05. The predicted octanol–water partition coefficient (Wildman–Crippen LogP) is 1.84. The summed E-state index contributed by atoms with van der Waals surface area (Å²) >= 11 is 6.23. The third kappa shape index (κ3) is 3.02. The van der Waals surface area contributed by atoms with Crippen molar-refractivity contribution in [2.45, 2.75) is 19.5 Å². The number of rotatable bonds is 3. The van der Waals surface area contributed by atoms with Crippen molar-refractivity contribution < 1.29 is 4.74 Å². The Morgan fingerprint density at radius 1 is 1.61 bits per heavy atom. The van der Waals surface area contributed by atoms with E-state index in [2.05, 4.69) is 11.8 Å². The molecule has 0 aliphatic carbocycles. The Bertz CT molecular complexity index is 450. The van der Waals surface area contributed by atoms with Gasteiger partial charge in [-0.15, -0.1) is 0 Å². The minimum Gasteiger partial charge on any atom is -0.384 e. The molecule has 0 radical (unpaired) electrons. The number of benzene rings is 1. The van der Waals surface area contributed by atoms with E-state index in [1.54, 1.807) is 6.07 Å². The molecule has 18 heavy (non-hydrogen) atoms. The van der Waals surface area contributed by atoms with Crippen LogP contribution in [0.25, 0.3) is 0 Å². The van der Waals surface area contributed by atoms with Crippen molar-refractivity contribution >= 4 is 17.4 Å². The molecule has 1 saturated heterocycles. The topological polar surface area (TPSA) is 62.3 Å². The smallest absolute Gasteiger partial charge is 0.122 e. The Morgan fingerprint density at radius 2 is 2.39 bits per heavy atom. The minimum atomic E-state index is 0.0446. The summed E-state index contributed by atoms with van der Waals surface area (Å²) in [4.78, 5) is 2.35. The Labute approximate surface area is 112 Å². The zero-order valence-corrected chi connectivity index (χ0v) is 11.2. The fraction of sp³-hybridized carbons (Fsp3) is 0.462. The number of hydrogen-bond acceptors (Lipinski definition) is 3. The number of amidine groups is 1. The van der Waals surface area contributed by atoms with Gasteiger partial charge < -0.3 is 10.5 Å². The fourth-order valence-electron chi connectivity index (χ4n) is 2.06. The zero-order chi connectivity index (χ0) is 13.1. The van der Waals surface area contributed by atoms with Crippen LogP contribution >= 0.6 is 11.6 Å². The molecule has 4 nitrogen and oxygen atoms in total. The molecule has 1 atom stereocenters. The highest BCUT2D eigenvalue weighted by molar-refractivity contribution is 6.31. The summed E-state index contributed by atoms with van der Waals surface area (Å²) < 4.78 is 5.41. The largest absolute Gasteiger partial charge is 0.384 e. The van der Waals surface area contributed by atoms with Crippen LogP contribution in [-0.2, 0) is 11.3 Å². The Balaban J connectivity index is 2.11. The monoisotopic (exact) mass is 267 g/mol. The second kappa shape index (κ2) is 5.69. The molecule has 2 rings (SSSR count). The number of halogens is 1. The Hall–Kier alpha value is -1.10. The van der Waals surface area contributed by atoms with Crippen LogP contribution in [0.4, 0.5) is 0 Å². The lowest BCUT2D eigenvalue weighted by atomic mass is 10.1. The number of hydrogen-bond donors (Lipinski definition) is 2. The van der Waals surface area contributed by atoms with Crippen LogP contribution in [0.5, 0.6) is 0 Å². The lowest BCUT2D eigenvalue weighted by molar-refractivity contribution is -0.00435. The summed E-state index contributed by atoms with van der Waals surface area (Å²) in [6.45, 7) is 5.42. The highest BCUT2D eigenvalue weighted by Crippen LogP contribution is 2.21. The van der Waals surface area contributed by atoms with Gasteiger partial charge in [0.05, 0.1) is 13.2 Å². The first-order valence-corrected chi connectivity index (χ1v) is 6.40. The van der Waals surface area contributed by atoms with Gasteiger partial charge in [0.25, 0.3) is 0 Å². The van der Waals surface area contributed by atoms with E-state index in [-0.39, 0.29) is 5.84 Å². The van der Waals surface area contributed by atoms with E-state index < -0.39 is 0 Å². The van der Waals surface area contributed by atoms with E-state index in [4.69, 9.17) is 27.5 Å². The van der Waals surface area contributed by atoms with Gasteiger partial charge in [0.1, 0.15) is 5.84 Å². The van der Waals surface area contributed by atoms with Crippen molar-refractivity contribution in [3.8, 4) is 0 Å². The molecule has 0 amide bonds. The van der Waals surface area contributed by atoms with Gasteiger partial charge in [0.2, 0.25) is 0 Å². The molecule has 1 unspecified atom stereocenters. The van der Waals surface area contributed by atoms with E-state index in [0.29, 0.717) is 16.6 Å². The van der Waals surface area contributed by atoms with Gasteiger partial charge in [-0.1, -0.05) is 23.7 Å². The van der Waals surface area contributed by atoms with Crippen LogP contribution in [0.1, 0.15) is 18.1 Å². The molecule has 5 heteroatoms. The number of nitrogens with two attached hydrogens (primary N) is 1. The molecule has 0 bridgehead atoms. The number of nitrogens with one attached hydrogen (secondary N) is 1. The molecule has 1 aliphatic heterocycles. The molecule has 1 aromatic rings. The van der Waals surface area contributed by atoms with Gasteiger partial charge >= 0.3 is 0 Å². The average Bonchev–Trinajstić information content (AvgIpc) is 2.34. The minimum absolute atomic E-state index is 0.0446. The molecule has 1 aromatic carbocycles. The predicted molar refractivity (Wildman–Crippen MR) is 73.2 cm³/mol. The first-order chi connectivity index (χ1) is 8.58. The first-order valence-electron chi connectivity index (χ1n) is 6.02. The molecule has 3 N–H and O–H groups in total. The molecule has 1 fully saturated rings. The number of ether oxygens (including phenoxy) is 1. The van der Waals surface area contributed by atoms with Crippen molar-refractivity contribution in [3.05, 3.63) is 34.3 Å². The highest BCUT2D eigenvalue weighted by Gasteiger charge is 2.19. The summed E-state index contributed by atoms with van der Waals surface area (Å²) in [5.74, 6) is 0.0446. The van der Waals surface area contributed by atoms with Gasteiger partial charge in [-0.3, -0.25) is 10.3 Å². The fourth-order valence-corrected chi connectivity index (χ4v) is 2.30. The molecule has 98 valence electrons. The maximum absolute atomic E-state index is 7.38. The van der Waals surface area contributed by atoms with E-state index >= 15 is 0 Å². The lowest BCUT2D eigenvalue weighted by Crippen LogP contribution is -2.42. The van der Waals surface area contributed by atoms with Crippen molar-refractivity contribution in [2.75, 3.05) is 19.8 Å². The number of nitrogen functional groups attached to an aromatic ring is 1. The lowest BCUT2D eigenvalue weighted by Gasteiger charge is -2.33. The van der Waals surface area contributed by atoms with Gasteiger partial charge in [-0.05, 0) is 18.6 Å². The quantitative estimate of drug-likeness (QED) is 0.649. The first kappa shape index (κ1) is 13.3. The summed E-state index contributed by atoms with van der Waals surface area (Å²) in [6, 6.07) is 5.95. The van der Waals surface area contributed by atoms with Crippen LogP contribution < -0.4 is 5.73 Å². The van der Waals surface area contributed by atoms with Gasteiger partial charge in [-0.2, -0.15) is 0 Å². The molecular weight excluding hydrogens is 250 g/mol. The number of morpholine rings is 1. The summed E-state index contributed by atoms with van der Waals surface area (Å²) in [5.41, 5.74) is 7.17. The third-order valence-electron chi connectivity index (χ3n) is 3.24. The second-order valence-electron chi connectivity index (χ2n) is 4.61. The molecule has 1 heterocycles. The van der Waals surface area contributed by atoms with E-state index in [9.17, 15) is 0 Å². The van der Waals surface area contributed by atoms with Crippen LogP contribution in [0.3, 0.4) is 0 Å². The van der Waals surface area contributed by atoms with Crippen LogP contribution in [-0.4, -0.2) is 36.5 Å². The second-order valence-corrected chi connectivity index (χ2v) is 5.02. The summed E-state index contributed by atoms with van der Waals surface area (Å²) in [7, 11) is 0. The Kier molecular flexibility index (Phi) is 4.22. The number of nitrogens with zero attached hydrogens (tertiary/aromatic N) is 1. The zero-order valence-electron chi connectivity index (χ0n) is 10.4. The van der Waals surface area contributed by atoms with Gasteiger partial charge in [0.15, 0.2) is 0 Å². The van der Waals surface area contributed by atoms with E-state index in [0.717, 1.165) is 31.9 Å². The normalized spacial score (nSPS) is 20.9. The van der Waals surface area contributed by atoms with E-state index in [1.807, 2.05) is 12.1 Å². The molecule has 0 aromatic heterocycles. The maximum atomic E-state index is 7.38.